The lowest BCUT2D eigenvalue weighted by Gasteiger charge is -2.18. The largest absolute Gasteiger partial charge is 0.504 e. The fraction of sp³-hybridized carbons (Fsp3) is 0.222. The summed E-state index contributed by atoms with van der Waals surface area (Å²) in [4.78, 5) is 0. The number of nitrogens with zero attached hydrogens (tertiary/aromatic N) is 1. The van der Waals surface area contributed by atoms with Gasteiger partial charge in [-0.05, 0) is 25.5 Å². The summed E-state index contributed by atoms with van der Waals surface area (Å²) in [7, 11) is 1.60. The molecule has 0 aliphatic heterocycles. The van der Waals surface area contributed by atoms with Crippen molar-refractivity contribution in [1.29, 1.82) is 0 Å². The van der Waals surface area contributed by atoms with Gasteiger partial charge in [-0.3, -0.25) is 0 Å². The fourth-order valence-corrected chi connectivity index (χ4v) is 2.53. The third-order valence-electron chi connectivity index (χ3n) is 3.75. The monoisotopic (exact) mass is 283 g/mol. The summed E-state index contributed by atoms with van der Waals surface area (Å²) >= 11 is 0. The Labute approximate surface area is 125 Å². The Morgan fingerprint density at radius 2 is 1.90 bits per heavy atom. The van der Waals surface area contributed by atoms with Crippen LogP contribution in [0.3, 0.4) is 0 Å². The SMILES string of the molecule is C=Cc1c(C)c(C)n(C(O)c2ccccc2)c1/C=C\OC. The average Bonchev–Trinajstić information content (AvgIpc) is 2.76. The number of benzene rings is 1. The van der Waals surface area contributed by atoms with Crippen LogP contribution in [0.25, 0.3) is 12.2 Å². The lowest BCUT2D eigenvalue weighted by atomic mass is 10.1. The Hall–Kier alpha value is -2.26. The second kappa shape index (κ2) is 6.46. The van der Waals surface area contributed by atoms with E-state index in [2.05, 4.69) is 6.58 Å². The van der Waals surface area contributed by atoms with Crippen molar-refractivity contribution in [3.63, 3.8) is 0 Å². The van der Waals surface area contributed by atoms with Crippen LogP contribution in [0.1, 0.15) is 34.3 Å². The minimum atomic E-state index is -0.741. The van der Waals surface area contributed by atoms with Crippen molar-refractivity contribution in [2.75, 3.05) is 7.11 Å². The maximum absolute atomic E-state index is 10.7. The summed E-state index contributed by atoms with van der Waals surface area (Å²) in [6.07, 6.45) is 4.53. The molecular formula is C18H21NO2. The molecule has 0 aliphatic rings. The standard InChI is InChI=1S/C18H21NO2/c1-5-16-13(2)14(3)19(17(16)11-12-21-4)18(20)15-9-7-6-8-10-15/h5-12,18,20H,1H2,2-4H3/b12-11-. The van der Waals surface area contributed by atoms with Gasteiger partial charge in [-0.15, -0.1) is 0 Å². The van der Waals surface area contributed by atoms with Gasteiger partial charge in [-0.1, -0.05) is 43.0 Å². The molecule has 0 fully saturated rings. The zero-order valence-electron chi connectivity index (χ0n) is 12.7. The van der Waals surface area contributed by atoms with Crippen LogP contribution in [0.4, 0.5) is 0 Å². The van der Waals surface area contributed by atoms with E-state index in [0.29, 0.717) is 0 Å². The van der Waals surface area contributed by atoms with E-state index in [1.54, 1.807) is 13.4 Å². The Morgan fingerprint density at radius 3 is 2.48 bits per heavy atom. The minimum Gasteiger partial charge on any atom is -0.504 e. The molecule has 2 rings (SSSR count). The van der Waals surface area contributed by atoms with Gasteiger partial charge in [0.2, 0.25) is 0 Å². The Bertz CT molecular complexity index is 654. The van der Waals surface area contributed by atoms with Gasteiger partial charge >= 0.3 is 0 Å². The zero-order valence-corrected chi connectivity index (χ0v) is 12.7. The second-order valence-electron chi connectivity index (χ2n) is 4.91. The molecule has 0 radical (unpaired) electrons. The first kappa shape index (κ1) is 15.1. The molecule has 1 atom stereocenters. The van der Waals surface area contributed by atoms with Crippen LogP contribution in [0, 0.1) is 13.8 Å². The highest BCUT2D eigenvalue weighted by Gasteiger charge is 2.20. The molecule has 21 heavy (non-hydrogen) atoms. The van der Waals surface area contributed by atoms with Gasteiger partial charge in [-0.25, -0.2) is 0 Å². The van der Waals surface area contributed by atoms with E-state index in [-0.39, 0.29) is 0 Å². The summed E-state index contributed by atoms with van der Waals surface area (Å²) in [5.41, 5.74) is 4.86. The number of methoxy groups -OCH3 is 1. The van der Waals surface area contributed by atoms with Crippen molar-refractivity contribution in [1.82, 2.24) is 4.57 Å². The zero-order chi connectivity index (χ0) is 15.4. The number of aliphatic hydroxyl groups excluding tert-OH is 1. The Kier molecular flexibility index (Phi) is 4.66. The first-order valence-electron chi connectivity index (χ1n) is 6.88. The van der Waals surface area contributed by atoms with Gasteiger partial charge in [0, 0.05) is 16.8 Å². The number of hydrogen-bond acceptors (Lipinski definition) is 2. The Morgan fingerprint density at radius 1 is 1.24 bits per heavy atom. The van der Waals surface area contributed by atoms with Gasteiger partial charge < -0.3 is 14.4 Å². The summed E-state index contributed by atoms with van der Waals surface area (Å²) in [5, 5.41) is 10.7. The molecule has 1 heterocycles. The molecule has 3 heteroatoms. The fourth-order valence-electron chi connectivity index (χ4n) is 2.53. The molecule has 1 aromatic carbocycles. The minimum absolute atomic E-state index is 0.741. The van der Waals surface area contributed by atoms with Gasteiger partial charge in [0.1, 0.15) is 0 Å². The van der Waals surface area contributed by atoms with Crippen molar-refractivity contribution in [3.05, 3.63) is 71.3 Å². The van der Waals surface area contributed by atoms with Crippen LogP contribution >= 0.6 is 0 Å². The molecular weight excluding hydrogens is 262 g/mol. The lowest BCUT2D eigenvalue weighted by Crippen LogP contribution is -2.13. The first-order chi connectivity index (χ1) is 10.1. The van der Waals surface area contributed by atoms with Gasteiger partial charge in [0.05, 0.1) is 19.1 Å². The predicted molar refractivity (Wildman–Crippen MR) is 86.8 cm³/mol. The summed E-state index contributed by atoms with van der Waals surface area (Å²) in [5.74, 6) is 0. The summed E-state index contributed by atoms with van der Waals surface area (Å²) in [6, 6.07) is 9.60. The maximum atomic E-state index is 10.7. The second-order valence-corrected chi connectivity index (χ2v) is 4.91. The predicted octanol–water partition coefficient (Wildman–Crippen LogP) is 3.90. The normalized spacial score (nSPS) is 12.6. The molecule has 0 bridgehead atoms. The van der Waals surface area contributed by atoms with Gasteiger partial charge in [-0.2, -0.15) is 0 Å². The molecule has 0 amide bonds. The van der Waals surface area contributed by atoms with Gasteiger partial charge in [0.25, 0.3) is 0 Å². The van der Waals surface area contributed by atoms with Crippen LogP contribution in [-0.2, 0) is 4.74 Å². The van der Waals surface area contributed by atoms with E-state index in [1.165, 1.54) is 0 Å². The van der Waals surface area contributed by atoms with E-state index in [0.717, 1.165) is 28.1 Å². The van der Waals surface area contributed by atoms with Gasteiger partial charge in [0.15, 0.2) is 6.23 Å². The molecule has 3 nitrogen and oxygen atoms in total. The van der Waals surface area contributed by atoms with E-state index in [9.17, 15) is 5.11 Å². The van der Waals surface area contributed by atoms with E-state index in [4.69, 9.17) is 4.74 Å². The smallest absolute Gasteiger partial charge is 0.157 e. The highest BCUT2D eigenvalue weighted by atomic mass is 16.5. The molecule has 110 valence electrons. The van der Waals surface area contributed by atoms with Crippen LogP contribution in [0.2, 0.25) is 0 Å². The molecule has 1 unspecified atom stereocenters. The number of rotatable bonds is 5. The molecule has 0 aliphatic carbocycles. The van der Waals surface area contributed by atoms with Crippen LogP contribution in [0.15, 0.2) is 43.2 Å². The average molecular weight is 283 g/mol. The van der Waals surface area contributed by atoms with Crippen molar-refractivity contribution < 1.29 is 9.84 Å². The first-order valence-corrected chi connectivity index (χ1v) is 6.88. The number of aromatic nitrogens is 1. The van der Waals surface area contributed by atoms with Crippen molar-refractivity contribution in [3.8, 4) is 0 Å². The van der Waals surface area contributed by atoms with Crippen LogP contribution in [0.5, 0.6) is 0 Å². The summed E-state index contributed by atoms with van der Waals surface area (Å²) < 4.78 is 6.93. The summed E-state index contributed by atoms with van der Waals surface area (Å²) in [6.45, 7) is 7.91. The topological polar surface area (TPSA) is 34.4 Å². The van der Waals surface area contributed by atoms with Crippen molar-refractivity contribution in [2.45, 2.75) is 20.1 Å². The maximum Gasteiger partial charge on any atom is 0.157 e. The molecule has 1 N–H and O–H groups in total. The number of hydrogen-bond donors (Lipinski definition) is 1. The molecule has 0 saturated carbocycles. The molecule has 0 spiro atoms. The third-order valence-corrected chi connectivity index (χ3v) is 3.75. The van der Waals surface area contributed by atoms with E-state index in [1.807, 2.05) is 60.9 Å². The Balaban J connectivity index is 2.62. The van der Waals surface area contributed by atoms with Crippen molar-refractivity contribution >= 4 is 12.2 Å². The lowest BCUT2D eigenvalue weighted by molar-refractivity contribution is 0.143. The third kappa shape index (κ3) is 2.78. The highest BCUT2D eigenvalue weighted by Crippen LogP contribution is 2.29. The number of aliphatic hydroxyl groups is 1. The van der Waals surface area contributed by atoms with Crippen LogP contribution in [-0.4, -0.2) is 16.8 Å². The molecule has 2 aromatic rings. The van der Waals surface area contributed by atoms with E-state index >= 15 is 0 Å². The van der Waals surface area contributed by atoms with Crippen LogP contribution < -0.4 is 0 Å². The van der Waals surface area contributed by atoms with E-state index < -0.39 is 6.23 Å². The highest BCUT2D eigenvalue weighted by molar-refractivity contribution is 5.67. The number of ether oxygens (including phenoxy) is 1. The molecule has 1 aromatic heterocycles. The molecule has 0 saturated heterocycles. The quantitative estimate of drug-likeness (QED) is 0.844. The van der Waals surface area contributed by atoms with Crippen molar-refractivity contribution in [2.24, 2.45) is 0 Å².